The number of rotatable bonds is 28. The molecule has 1 aliphatic rings. The number of dihydropyridines is 1. The number of ether oxygens (including phenoxy) is 2. The highest BCUT2D eigenvalue weighted by molar-refractivity contribution is 8.93. The summed E-state index contributed by atoms with van der Waals surface area (Å²) >= 11 is 0. The fourth-order valence-electron chi connectivity index (χ4n) is 6.60. The molecule has 1 aromatic heterocycles. The van der Waals surface area contributed by atoms with E-state index >= 15 is 0 Å². The number of nitrogens with zero attached hydrogens (tertiary/aromatic N) is 1. The third-order valence-electron chi connectivity index (χ3n) is 9.61. The SMILES string of the molecule is Br.C=CCNC(=O)C1C(C(=O)OCCCCCCCCCCCC)=C(C)NC(C)=C1C(=O)OCCCCCCCCCCC(C)[n+]1ccccc1.[Br-]. The molecule has 1 amide bonds. The number of hydrogen-bond acceptors (Lipinski definition) is 6. The summed E-state index contributed by atoms with van der Waals surface area (Å²) in [6.45, 7) is 12.4. The van der Waals surface area contributed by atoms with Crippen LogP contribution in [0, 0.1) is 5.92 Å². The van der Waals surface area contributed by atoms with Gasteiger partial charge in [-0.05, 0) is 40.0 Å². The summed E-state index contributed by atoms with van der Waals surface area (Å²) in [4.78, 5) is 40.2. The molecule has 10 heteroatoms. The molecule has 296 valence electrons. The van der Waals surface area contributed by atoms with Gasteiger partial charge in [-0.25, -0.2) is 14.2 Å². The standard InChI is InChI=1S/C42H67N3O5.2BrH/c1-6-8-9-10-11-12-14-17-20-26-32-49-41(47)37-35(4)44-36(5)38(39(37)40(46)43-29-7-2)42(48)50-33-27-21-18-15-13-16-19-23-28-34(3)45-30-24-22-25-31-45;;/h7,22,24-25,30-31,34,39H,2,6,8-21,23,26-29,32-33H2,1,3-5H3,(H-,43,44,46,47,48);2*1H. The Kier molecular flexibility index (Phi) is 29.5. The number of amides is 1. The molecule has 0 radical (unpaired) electrons. The summed E-state index contributed by atoms with van der Waals surface area (Å²) in [6, 6.07) is 6.74. The van der Waals surface area contributed by atoms with Gasteiger partial charge in [-0.15, -0.1) is 23.6 Å². The first kappa shape index (κ1) is 49.5. The molecule has 2 atom stereocenters. The fourth-order valence-corrected chi connectivity index (χ4v) is 6.60. The van der Waals surface area contributed by atoms with Crippen molar-refractivity contribution in [2.24, 2.45) is 5.92 Å². The number of esters is 2. The van der Waals surface area contributed by atoms with Crippen LogP contribution in [0.5, 0.6) is 0 Å². The van der Waals surface area contributed by atoms with Gasteiger partial charge in [0.15, 0.2) is 18.4 Å². The van der Waals surface area contributed by atoms with Gasteiger partial charge < -0.3 is 37.1 Å². The summed E-state index contributed by atoms with van der Waals surface area (Å²) in [6.07, 6.45) is 27.8. The van der Waals surface area contributed by atoms with Crippen LogP contribution >= 0.6 is 17.0 Å². The van der Waals surface area contributed by atoms with Crippen molar-refractivity contribution in [1.82, 2.24) is 10.6 Å². The summed E-state index contributed by atoms with van der Waals surface area (Å²) in [7, 11) is 0. The number of carbonyl (C=O) groups excluding carboxylic acids is 3. The minimum absolute atomic E-state index is 0. The summed E-state index contributed by atoms with van der Waals surface area (Å²) in [5.74, 6) is -2.72. The van der Waals surface area contributed by atoms with Gasteiger partial charge >= 0.3 is 11.9 Å². The molecule has 0 bridgehead atoms. The molecular formula is C42H69Br2N3O5. The second kappa shape index (κ2) is 30.9. The highest BCUT2D eigenvalue weighted by Gasteiger charge is 2.41. The topological polar surface area (TPSA) is 97.6 Å². The van der Waals surface area contributed by atoms with Gasteiger partial charge in [-0.2, -0.15) is 0 Å². The Balaban J connectivity index is 0.0000130. The number of carbonyl (C=O) groups is 3. The van der Waals surface area contributed by atoms with Crippen LogP contribution in [-0.4, -0.2) is 37.6 Å². The Labute approximate surface area is 336 Å². The lowest BCUT2D eigenvalue weighted by atomic mass is 9.84. The predicted octanol–water partition coefficient (Wildman–Crippen LogP) is 6.70. The van der Waals surface area contributed by atoms with Crippen LogP contribution in [0.15, 0.2) is 65.8 Å². The number of aromatic nitrogens is 1. The van der Waals surface area contributed by atoms with E-state index in [0.29, 0.717) is 17.4 Å². The van der Waals surface area contributed by atoms with Gasteiger partial charge in [0, 0.05) is 36.5 Å². The first-order valence-corrected chi connectivity index (χ1v) is 19.7. The van der Waals surface area contributed by atoms with Crippen molar-refractivity contribution in [2.45, 2.75) is 156 Å². The van der Waals surface area contributed by atoms with Crippen LogP contribution in [0.3, 0.4) is 0 Å². The molecule has 0 spiro atoms. The Hall–Kier alpha value is -2.46. The molecule has 1 aliphatic heterocycles. The molecule has 0 fully saturated rings. The van der Waals surface area contributed by atoms with Crippen molar-refractivity contribution in [2.75, 3.05) is 19.8 Å². The van der Waals surface area contributed by atoms with E-state index in [-0.39, 0.29) is 64.9 Å². The minimum atomic E-state index is -1.11. The molecule has 2 N–H and O–H groups in total. The van der Waals surface area contributed by atoms with Gasteiger partial charge in [0.25, 0.3) is 0 Å². The van der Waals surface area contributed by atoms with Crippen LogP contribution in [0.2, 0.25) is 0 Å². The zero-order valence-electron chi connectivity index (χ0n) is 32.7. The molecule has 1 aromatic rings. The highest BCUT2D eigenvalue weighted by atomic mass is 79.9. The number of allylic oxidation sites excluding steroid dienone is 2. The van der Waals surface area contributed by atoms with Gasteiger partial charge in [0.2, 0.25) is 5.91 Å². The van der Waals surface area contributed by atoms with Crippen LogP contribution in [-0.2, 0) is 23.9 Å². The second-order valence-corrected chi connectivity index (χ2v) is 13.9. The Bertz CT molecular complexity index is 1220. The smallest absolute Gasteiger partial charge is 0.336 e. The number of pyridine rings is 1. The zero-order chi connectivity index (χ0) is 36.4. The van der Waals surface area contributed by atoms with Crippen LogP contribution < -0.4 is 32.2 Å². The molecule has 2 heterocycles. The summed E-state index contributed by atoms with van der Waals surface area (Å²) in [5.41, 5.74) is 1.33. The van der Waals surface area contributed by atoms with E-state index in [2.05, 4.69) is 66.2 Å². The van der Waals surface area contributed by atoms with Gasteiger partial charge in [0.05, 0.1) is 24.4 Å². The molecule has 8 nitrogen and oxygen atoms in total. The number of nitrogens with one attached hydrogen (secondary N) is 2. The molecular weight excluding hydrogens is 786 g/mol. The number of halogens is 2. The molecule has 0 saturated carbocycles. The lowest BCUT2D eigenvalue weighted by Crippen LogP contribution is -3.00. The quantitative estimate of drug-likeness (QED) is 0.0422. The largest absolute Gasteiger partial charge is 1.00 e. The average molecular weight is 856 g/mol. The van der Waals surface area contributed by atoms with Crippen molar-refractivity contribution in [3.8, 4) is 0 Å². The van der Waals surface area contributed by atoms with Gasteiger partial charge in [0.1, 0.15) is 5.92 Å². The number of hydrogen-bond donors (Lipinski definition) is 2. The highest BCUT2D eigenvalue weighted by Crippen LogP contribution is 2.32. The Morgan fingerprint density at radius 2 is 1.17 bits per heavy atom. The molecule has 0 aromatic carbocycles. The van der Waals surface area contributed by atoms with Crippen molar-refractivity contribution < 1.29 is 45.4 Å². The third-order valence-corrected chi connectivity index (χ3v) is 9.61. The van der Waals surface area contributed by atoms with E-state index < -0.39 is 23.8 Å². The van der Waals surface area contributed by atoms with E-state index in [1.165, 1.54) is 83.5 Å². The Morgan fingerprint density at radius 3 is 1.62 bits per heavy atom. The lowest BCUT2D eigenvalue weighted by molar-refractivity contribution is -0.720. The first-order valence-electron chi connectivity index (χ1n) is 19.7. The predicted molar refractivity (Wildman–Crippen MR) is 212 cm³/mol. The van der Waals surface area contributed by atoms with E-state index in [1.54, 1.807) is 19.9 Å². The maximum Gasteiger partial charge on any atom is 0.336 e. The summed E-state index contributed by atoms with van der Waals surface area (Å²) in [5, 5.41) is 5.91. The van der Waals surface area contributed by atoms with Gasteiger partial charge in [-0.3, -0.25) is 4.79 Å². The first-order chi connectivity index (χ1) is 24.3. The van der Waals surface area contributed by atoms with E-state index in [4.69, 9.17) is 9.47 Å². The van der Waals surface area contributed by atoms with Crippen molar-refractivity contribution in [3.05, 3.63) is 65.8 Å². The van der Waals surface area contributed by atoms with Crippen LogP contribution in [0.25, 0.3) is 0 Å². The molecule has 52 heavy (non-hydrogen) atoms. The Morgan fingerprint density at radius 1 is 0.750 bits per heavy atom. The minimum Gasteiger partial charge on any atom is -1.00 e. The van der Waals surface area contributed by atoms with Crippen LogP contribution in [0.1, 0.15) is 156 Å². The monoisotopic (exact) mass is 853 g/mol. The van der Waals surface area contributed by atoms with E-state index in [0.717, 1.165) is 38.5 Å². The van der Waals surface area contributed by atoms with Crippen molar-refractivity contribution in [3.63, 3.8) is 0 Å². The van der Waals surface area contributed by atoms with E-state index in [9.17, 15) is 14.4 Å². The zero-order valence-corrected chi connectivity index (χ0v) is 36.0. The van der Waals surface area contributed by atoms with Crippen molar-refractivity contribution >= 4 is 34.8 Å². The van der Waals surface area contributed by atoms with Crippen molar-refractivity contribution in [1.29, 1.82) is 0 Å². The molecule has 2 unspecified atom stereocenters. The summed E-state index contributed by atoms with van der Waals surface area (Å²) < 4.78 is 13.6. The number of unbranched alkanes of at least 4 members (excludes halogenated alkanes) is 16. The second-order valence-electron chi connectivity index (χ2n) is 13.9. The molecule has 0 saturated heterocycles. The van der Waals surface area contributed by atoms with E-state index in [1.807, 2.05) is 0 Å². The third kappa shape index (κ3) is 19.6. The molecule has 2 rings (SSSR count). The van der Waals surface area contributed by atoms with Crippen LogP contribution in [0.4, 0.5) is 0 Å². The van der Waals surface area contributed by atoms with Gasteiger partial charge in [-0.1, -0.05) is 115 Å². The normalized spacial score (nSPS) is 14.4. The fraction of sp³-hybridized carbons (Fsp3) is 0.667. The average Bonchev–Trinajstić information content (AvgIpc) is 3.11. The maximum atomic E-state index is 13.4. The molecule has 0 aliphatic carbocycles. The maximum absolute atomic E-state index is 13.4. The lowest BCUT2D eigenvalue weighted by Gasteiger charge is -2.29.